The number of nitrogens with one attached hydrogen (secondary N) is 1. The van der Waals surface area contributed by atoms with Gasteiger partial charge in [-0.05, 0) is 81.3 Å². The van der Waals surface area contributed by atoms with E-state index in [-0.39, 0.29) is 0 Å². The Morgan fingerprint density at radius 3 is 2.14 bits per heavy atom. The van der Waals surface area contributed by atoms with Crippen LogP contribution in [0.15, 0.2) is 0 Å². The summed E-state index contributed by atoms with van der Waals surface area (Å²) in [5.74, 6) is 4.26. The predicted octanol–water partition coefficient (Wildman–Crippen LogP) is 4.91. The standard InChI is InChI=1S/C18H27N3S/c22-17-20-19-16(21(17)15-4-2-1-3-5-15)18-9-12-6-13(10-18)8-14(7-12)11-18/h12-15H,1-11H2,(H,20,22). The third kappa shape index (κ3) is 1.98. The highest BCUT2D eigenvalue weighted by molar-refractivity contribution is 7.71. The maximum atomic E-state index is 5.65. The van der Waals surface area contributed by atoms with Crippen LogP contribution in [0.25, 0.3) is 0 Å². The molecule has 22 heavy (non-hydrogen) atoms. The summed E-state index contributed by atoms with van der Waals surface area (Å²) in [4.78, 5) is 0. The molecule has 0 radical (unpaired) electrons. The molecule has 5 fully saturated rings. The minimum absolute atomic E-state index is 0.361. The summed E-state index contributed by atoms with van der Waals surface area (Å²) >= 11 is 5.65. The Hall–Kier alpha value is -0.640. The van der Waals surface area contributed by atoms with Crippen molar-refractivity contribution < 1.29 is 0 Å². The molecule has 1 aromatic rings. The van der Waals surface area contributed by atoms with E-state index in [1.807, 2.05) is 0 Å². The van der Waals surface area contributed by atoms with Gasteiger partial charge in [0.25, 0.3) is 0 Å². The van der Waals surface area contributed by atoms with Crippen molar-refractivity contribution in [2.75, 3.05) is 0 Å². The van der Waals surface area contributed by atoms with E-state index in [1.165, 1.54) is 76.5 Å². The first-order chi connectivity index (χ1) is 10.7. The van der Waals surface area contributed by atoms with E-state index in [1.54, 1.807) is 0 Å². The molecule has 120 valence electrons. The average Bonchev–Trinajstić information content (AvgIpc) is 2.89. The first-order valence-electron chi connectivity index (χ1n) is 9.41. The summed E-state index contributed by atoms with van der Waals surface area (Å²) in [5, 5.41) is 8.00. The Kier molecular flexibility index (Phi) is 3.08. The van der Waals surface area contributed by atoms with E-state index in [9.17, 15) is 0 Å². The number of H-pyrrole nitrogens is 1. The quantitative estimate of drug-likeness (QED) is 0.786. The van der Waals surface area contributed by atoms with Gasteiger partial charge in [0.2, 0.25) is 0 Å². The second-order valence-corrected chi connectivity index (χ2v) is 9.10. The van der Waals surface area contributed by atoms with Crippen LogP contribution < -0.4 is 0 Å². The Bertz CT molecular complexity index is 587. The van der Waals surface area contributed by atoms with Gasteiger partial charge in [-0.25, -0.2) is 0 Å². The van der Waals surface area contributed by atoms with Crippen LogP contribution >= 0.6 is 12.2 Å². The van der Waals surface area contributed by atoms with Crippen LogP contribution in [0.1, 0.15) is 82.5 Å². The fourth-order valence-corrected chi connectivity index (χ4v) is 7.02. The molecule has 0 aromatic carbocycles. The van der Waals surface area contributed by atoms with Gasteiger partial charge < -0.3 is 4.57 Å². The summed E-state index contributed by atoms with van der Waals surface area (Å²) in [5.41, 5.74) is 0.361. The monoisotopic (exact) mass is 317 g/mol. The van der Waals surface area contributed by atoms with Crippen molar-refractivity contribution in [3.63, 3.8) is 0 Å². The summed E-state index contributed by atoms with van der Waals surface area (Å²) in [6, 6.07) is 0.614. The Morgan fingerprint density at radius 1 is 0.955 bits per heavy atom. The molecule has 1 aromatic heterocycles. The van der Waals surface area contributed by atoms with Gasteiger partial charge >= 0.3 is 0 Å². The van der Waals surface area contributed by atoms with Crippen LogP contribution in [0, 0.1) is 22.5 Å². The lowest BCUT2D eigenvalue weighted by atomic mass is 9.49. The third-order valence-corrected chi connectivity index (χ3v) is 7.44. The SMILES string of the molecule is S=c1[nH]nc(C23CC4CC(CC(C4)C2)C3)n1C1CCCCC1. The second kappa shape index (κ2) is 4.93. The fourth-order valence-electron chi connectivity index (χ4n) is 6.74. The number of rotatable bonds is 2. The topological polar surface area (TPSA) is 33.6 Å². The van der Waals surface area contributed by atoms with Gasteiger partial charge in [-0.3, -0.25) is 5.10 Å². The van der Waals surface area contributed by atoms with Crippen LogP contribution in [0.3, 0.4) is 0 Å². The maximum absolute atomic E-state index is 5.65. The molecule has 4 heteroatoms. The molecule has 5 aliphatic rings. The maximum Gasteiger partial charge on any atom is 0.195 e. The molecule has 3 nitrogen and oxygen atoms in total. The lowest BCUT2D eigenvalue weighted by Crippen LogP contribution is -2.50. The molecule has 0 spiro atoms. The van der Waals surface area contributed by atoms with Crippen molar-refractivity contribution in [3.05, 3.63) is 10.6 Å². The Balaban J connectivity index is 1.57. The number of hydrogen-bond acceptors (Lipinski definition) is 2. The molecule has 0 saturated heterocycles. The zero-order chi connectivity index (χ0) is 14.7. The lowest BCUT2D eigenvalue weighted by Gasteiger charge is -2.56. The zero-order valence-corrected chi connectivity index (χ0v) is 14.2. The van der Waals surface area contributed by atoms with Crippen LogP contribution in [-0.4, -0.2) is 14.8 Å². The summed E-state index contributed by atoms with van der Waals surface area (Å²) in [6.45, 7) is 0. The van der Waals surface area contributed by atoms with Crippen LogP contribution in [0.2, 0.25) is 0 Å². The first kappa shape index (κ1) is 13.8. The second-order valence-electron chi connectivity index (χ2n) is 8.71. The Morgan fingerprint density at radius 2 is 1.55 bits per heavy atom. The van der Waals surface area contributed by atoms with Crippen molar-refractivity contribution in [1.29, 1.82) is 0 Å². The molecular formula is C18H27N3S. The van der Waals surface area contributed by atoms with Crippen molar-refractivity contribution in [3.8, 4) is 0 Å². The van der Waals surface area contributed by atoms with E-state index in [2.05, 4.69) is 9.67 Å². The first-order valence-corrected chi connectivity index (χ1v) is 9.82. The smallest absolute Gasteiger partial charge is 0.195 e. The average molecular weight is 318 g/mol. The molecule has 4 bridgehead atoms. The van der Waals surface area contributed by atoms with Crippen LogP contribution in [0.4, 0.5) is 0 Å². The highest BCUT2D eigenvalue weighted by Gasteiger charge is 2.54. The summed E-state index contributed by atoms with van der Waals surface area (Å²) in [6.07, 6.45) is 15.3. The van der Waals surface area contributed by atoms with Gasteiger partial charge in [-0.2, -0.15) is 5.10 Å². The van der Waals surface area contributed by atoms with Gasteiger partial charge in [-0.15, -0.1) is 0 Å². The van der Waals surface area contributed by atoms with E-state index < -0.39 is 0 Å². The van der Waals surface area contributed by atoms with Crippen molar-refractivity contribution >= 4 is 12.2 Å². The molecule has 1 heterocycles. The minimum atomic E-state index is 0.361. The molecule has 5 aliphatic carbocycles. The van der Waals surface area contributed by atoms with Gasteiger partial charge in [-0.1, -0.05) is 19.3 Å². The Labute approximate surface area is 137 Å². The molecule has 6 rings (SSSR count). The molecule has 0 unspecified atom stereocenters. The number of aromatic amines is 1. The summed E-state index contributed by atoms with van der Waals surface area (Å²) < 4.78 is 3.36. The normalized spacial score (nSPS) is 41.2. The van der Waals surface area contributed by atoms with Crippen molar-refractivity contribution in [2.45, 2.75) is 82.1 Å². The highest BCUT2D eigenvalue weighted by Crippen LogP contribution is 2.60. The molecule has 0 aliphatic heterocycles. The van der Waals surface area contributed by atoms with Gasteiger partial charge in [0.1, 0.15) is 5.82 Å². The van der Waals surface area contributed by atoms with Crippen molar-refractivity contribution in [1.82, 2.24) is 14.8 Å². The van der Waals surface area contributed by atoms with E-state index in [4.69, 9.17) is 17.3 Å². The van der Waals surface area contributed by atoms with Crippen LogP contribution in [0.5, 0.6) is 0 Å². The predicted molar refractivity (Wildman–Crippen MR) is 89.4 cm³/mol. The minimum Gasteiger partial charge on any atom is -0.301 e. The van der Waals surface area contributed by atoms with E-state index in [0.717, 1.165) is 22.5 Å². The number of aromatic nitrogens is 3. The number of hydrogen-bond donors (Lipinski definition) is 1. The van der Waals surface area contributed by atoms with Crippen LogP contribution in [-0.2, 0) is 5.41 Å². The molecule has 5 saturated carbocycles. The van der Waals surface area contributed by atoms with Gasteiger partial charge in [0.15, 0.2) is 4.77 Å². The molecule has 0 amide bonds. The van der Waals surface area contributed by atoms with Gasteiger partial charge in [0, 0.05) is 11.5 Å². The molecule has 0 atom stereocenters. The number of nitrogens with zero attached hydrogens (tertiary/aromatic N) is 2. The summed E-state index contributed by atoms with van der Waals surface area (Å²) in [7, 11) is 0. The highest BCUT2D eigenvalue weighted by atomic mass is 32.1. The molecule has 1 N–H and O–H groups in total. The van der Waals surface area contributed by atoms with E-state index in [0.29, 0.717) is 11.5 Å². The molecular weight excluding hydrogens is 290 g/mol. The van der Waals surface area contributed by atoms with Crippen molar-refractivity contribution in [2.24, 2.45) is 17.8 Å². The zero-order valence-electron chi connectivity index (χ0n) is 13.4. The largest absolute Gasteiger partial charge is 0.301 e. The van der Waals surface area contributed by atoms with E-state index >= 15 is 0 Å². The fraction of sp³-hybridized carbons (Fsp3) is 0.889. The lowest BCUT2D eigenvalue weighted by molar-refractivity contribution is -0.0121. The van der Waals surface area contributed by atoms with Gasteiger partial charge in [0.05, 0.1) is 0 Å². The third-order valence-electron chi connectivity index (χ3n) is 7.16.